The molecule has 5 nitrogen and oxygen atoms in total. The van der Waals surface area contributed by atoms with Gasteiger partial charge in [0, 0.05) is 12.1 Å². The lowest BCUT2D eigenvalue weighted by atomic mass is 10.1. The van der Waals surface area contributed by atoms with Crippen LogP contribution in [0.4, 0.5) is 0 Å². The number of carboxylic acid groups (broad SMARTS) is 1. The van der Waals surface area contributed by atoms with E-state index in [4.69, 9.17) is 9.84 Å². The lowest BCUT2D eigenvalue weighted by Gasteiger charge is -2.25. The second kappa shape index (κ2) is 6.72. The fourth-order valence-corrected chi connectivity index (χ4v) is 2.69. The molecule has 0 aliphatic carbocycles. The summed E-state index contributed by atoms with van der Waals surface area (Å²) in [4.78, 5) is 13.0. The van der Waals surface area contributed by atoms with Gasteiger partial charge in [-0.1, -0.05) is 18.2 Å². The van der Waals surface area contributed by atoms with Crippen LogP contribution in [0.2, 0.25) is 0 Å². The van der Waals surface area contributed by atoms with Crippen molar-refractivity contribution >= 4 is 5.97 Å². The predicted molar refractivity (Wildman–Crippen MR) is 74.8 cm³/mol. The number of carbonyl (C=O) groups is 1. The fourth-order valence-electron chi connectivity index (χ4n) is 2.69. The molecular weight excluding hydrogens is 258 g/mol. The molecule has 20 heavy (non-hydrogen) atoms. The molecular formula is C15H21NO4. The summed E-state index contributed by atoms with van der Waals surface area (Å²) in [5.41, 5.74) is 0.713. The van der Waals surface area contributed by atoms with Crippen molar-refractivity contribution in [1.29, 1.82) is 0 Å². The molecule has 2 unspecified atom stereocenters. The van der Waals surface area contributed by atoms with Gasteiger partial charge in [-0.05, 0) is 32.4 Å². The first kappa shape index (κ1) is 14.8. The van der Waals surface area contributed by atoms with Crippen molar-refractivity contribution in [2.24, 2.45) is 0 Å². The quantitative estimate of drug-likeness (QED) is 0.829. The molecule has 0 aromatic heterocycles. The Morgan fingerprint density at radius 2 is 2.25 bits per heavy atom. The number of hydrogen-bond donors (Lipinski definition) is 2. The van der Waals surface area contributed by atoms with Gasteiger partial charge in [-0.15, -0.1) is 0 Å². The van der Waals surface area contributed by atoms with Crippen LogP contribution in [0.1, 0.15) is 31.4 Å². The topological polar surface area (TPSA) is 70.0 Å². The molecule has 0 radical (unpaired) electrons. The third-order valence-corrected chi connectivity index (χ3v) is 3.63. The van der Waals surface area contributed by atoms with E-state index in [9.17, 15) is 9.90 Å². The van der Waals surface area contributed by atoms with Gasteiger partial charge < -0.3 is 14.9 Å². The lowest BCUT2D eigenvalue weighted by Crippen LogP contribution is -2.38. The summed E-state index contributed by atoms with van der Waals surface area (Å²) < 4.78 is 5.50. The molecule has 0 bridgehead atoms. The van der Waals surface area contributed by atoms with E-state index in [1.54, 1.807) is 0 Å². The van der Waals surface area contributed by atoms with Crippen molar-refractivity contribution in [3.05, 3.63) is 29.8 Å². The summed E-state index contributed by atoms with van der Waals surface area (Å²) in [7, 11) is 0. The molecule has 2 atom stereocenters. The van der Waals surface area contributed by atoms with E-state index >= 15 is 0 Å². The minimum absolute atomic E-state index is 0.320. The molecule has 1 aromatic rings. The molecule has 1 heterocycles. The first-order valence-electron chi connectivity index (χ1n) is 7.00. The Labute approximate surface area is 118 Å². The van der Waals surface area contributed by atoms with Crippen LogP contribution in [0.3, 0.4) is 0 Å². The highest BCUT2D eigenvalue weighted by molar-refractivity contribution is 5.73. The standard InChI is InChI=1S/C15H21NO4/c1-2-20-14-8-4-3-6-11(14)13(17)10-16-9-5-7-12(16)15(18)19/h3-4,6,8,12-13,17H,2,5,7,9-10H2,1H3,(H,18,19). The van der Waals surface area contributed by atoms with Gasteiger partial charge in [-0.25, -0.2) is 0 Å². The molecule has 0 spiro atoms. The number of hydrogen-bond acceptors (Lipinski definition) is 4. The maximum absolute atomic E-state index is 11.2. The van der Waals surface area contributed by atoms with E-state index in [0.29, 0.717) is 37.4 Å². The highest BCUT2D eigenvalue weighted by atomic mass is 16.5. The summed E-state index contributed by atoms with van der Waals surface area (Å²) in [6.07, 6.45) is 0.768. The van der Waals surface area contributed by atoms with E-state index < -0.39 is 18.1 Å². The van der Waals surface area contributed by atoms with Crippen molar-refractivity contribution in [2.75, 3.05) is 19.7 Å². The number of carboxylic acids is 1. The average molecular weight is 279 g/mol. The SMILES string of the molecule is CCOc1ccccc1C(O)CN1CCCC1C(=O)O. The third kappa shape index (κ3) is 3.29. The van der Waals surface area contributed by atoms with Crippen LogP contribution in [0.15, 0.2) is 24.3 Å². The van der Waals surface area contributed by atoms with Crippen LogP contribution in [0.25, 0.3) is 0 Å². The summed E-state index contributed by atoms with van der Waals surface area (Å²) in [6.45, 7) is 3.46. The number of aliphatic hydroxyl groups is 1. The molecule has 1 aliphatic heterocycles. The average Bonchev–Trinajstić information content (AvgIpc) is 2.88. The molecule has 5 heteroatoms. The molecule has 1 saturated heterocycles. The molecule has 1 aromatic carbocycles. The van der Waals surface area contributed by atoms with Crippen LogP contribution in [-0.2, 0) is 4.79 Å². The maximum Gasteiger partial charge on any atom is 0.320 e. The first-order chi connectivity index (χ1) is 9.63. The lowest BCUT2D eigenvalue weighted by molar-refractivity contribution is -0.142. The summed E-state index contributed by atoms with van der Waals surface area (Å²) in [5, 5.41) is 19.5. The van der Waals surface area contributed by atoms with Gasteiger partial charge in [0.1, 0.15) is 11.8 Å². The number of β-amino-alcohol motifs (C(OH)–C–C–N with tert-alkyl or cyclic N) is 1. The molecule has 2 rings (SSSR count). The van der Waals surface area contributed by atoms with E-state index in [1.807, 2.05) is 36.1 Å². The van der Waals surface area contributed by atoms with E-state index in [0.717, 1.165) is 6.42 Å². The fraction of sp³-hybridized carbons (Fsp3) is 0.533. The van der Waals surface area contributed by atoms with E-state index in [-0.39, 0.29) is 0 Å². The smallest absolute Gasteiger partial charge is 0.320 e. The zero-order chi connectivity index (χ0) is 14.5. The Bertz CT molecular complexity index is 463. The number of benzene rings is 1. The van der Waals surface area contributed by atoms with Gasteiger partial charge in [0.15, 0.2) is 0 Å². The molecule has 0 saturated carbocycles. The Balaban J connectivity index is 2.08. The minimum Gasteiger partial charge on any atom is -0.493 e. The van der Waals surface area contributed by atoms with Gasteiger partial charge in [0.2, 0.25) is 0 Å². The Morgan fingerprint density at radius 3 is 2.95 bits per heavy atom. The highest BCUT2D eigenvalue weighted by Crippen LogP contribution is 2.28. The molecule has 110 valence electrons. The van der Waals surface area contributed by atoms with Crippen molar-refractivity contribution in [3.8, 4) is 5.75 Å². The monoisotopic (exact) mass is 279 g/mol. The van der Waals surface area contributed by atoms with Gasteiger partial charge in [-0.3, -0.25) is 9.69 Å². The number of ether oxygens (including phenoxy) is 1. The zero-order valence-electron chi connectivity index (χ0n) is 11.7. The van der Waals surface area contributed by atoms with Crippen LogP contribution in [-0.4, -0.2) is 46.8 Å². The predicted octanol–water partition coefficient (Wildman–Crippen LogP) is 1.67. The number of nitrogens with zero attached hydrogens (tertiary/aromatic N) is 1. The Morgan fingerprint density at radius 1 is 1.50 bits per heavy atom. The molecule has 1 fully saturated rings. The Hall–Kier alpha value is -1.59. The van der Waals surface area contributed by atoms with E-state index in [1.165, 1.54) is 0 Å². The van der Waals surface area contributed by atoms with Gasteiger partial charge >= 0.3 is 5.97 Å². The zero-order valence-corrected chi connectivity index (χ0v) is 11.7. The third-order valence-electron chi connectivity index (χ3n) is 3.63. The number of aliphatic carboxylic acids is 1. The second-order valence-electron chi connectivity index (χ2n) is 4.98. The number of aliphatic hydroxyl groups excluding tert-OH is 1. The van der Waals surface area contributed by atoms with Crippen molar-refractivity contribution in [1.82, 2.24) is 4.90 Å². The minimum atomic E-state index is -0.812. The first-order valence-corrected chi connectivity index (χ1v) is 7.00. The molecule has 1 aliphatic rings. The van der Waals surface area contributed by atoms with Crippen LogP contribution < -0.4 is 4.74 Å². The largest absolute Gasteiger partial charge is 0.493 e. The van der Waals surface area contributed by atoms with Crippen LogP contribution >= 0.6 is 0 Å². The summed E-state index contributed by atoms with van der Waals surface area (Å²) in [5.74, 6) is -0.152. The van der Waals surface area contributed by atoms with Gasteiger partial charge in [0.25, 0.3) is 0 Å². The summed E-state index contributed by atoms with van der Waals surface area (Å²) in [6, 6.07) is 6.86. The Kier molecular flexibility index (Phi) is 4.98. The highest BCUT2D eigenvalue weighted by Gasteiger charge is 2.32. The molecule has 0 amide bonds. The van der Waals surface area contributed by atoms with Crippen LogP contribution in [0.5, 0.6) is 5.75 Å². The number of likely N-dealkylation sites (tertiary alicyclic amines) is 1. The van der Waals surface area contributed by atoms with Crippen molar-refractivity contribution in [2.45, 2.75) is 31.9 Å². The second-order valence-corrected chi connectivity index (χ2v) is 4.98. The van der Waals surface area contributed by atoms with Crippen LogP contribution in [0, 0.1) is 0 Å². The summed E-state index contributed by atoms with van der Waals surface area (Å²) >= 11 is 0. The van der Waals surface area contributed by atoms with E-state index in [2.05, 4.69) is 0 Å². The number of para-hydroxylation sites is 1. The van der Waals surface area contributed by atoms with Gasteiger partial charge in [-0.2, -0.15) is 0 Å². The van der Waals surface area contributed by atoms with Gasteiger partial charge in [0.05, 0.1) is 12.7 Å². The van der Waals surface area contributed by atoms with Crippen molar-refractivity contribution < 1.29 is 19.7 Å². The normalized spacial score (nSPS) is 20.8. The van der Waals surface area contributed by atoms with Crippen molar-refractivity contribution in [3.63, 3.8) is 0 Å². The number of rotatable bonds is 6. The maximum atomic E-state index is 11.2. The molecule has 2 N–H and O–H groups in total.